The summed E-state index contributed by atoms with van der Waals surface area (Å²) in [5, 5.41) is 0. The van der Waals surface area contributed by atoms with Crippen molar-refractivity contribution < 1.29 is 4.58 Å². The van der Waals surface area contributed by atoms with Crippen LogP contribution in [0.4, 0.5) is 0 Å². The van der Waals surface area contributed by atoms with E-state index < -0.39 is 0 Å². The standard InChI is InChI=1S/C17H32N2S/c1-18(2)16-9-6-15(7-10-16)8-11-17-5-3-4-12-19(17)13-14-20/h12,15-17H,3-11,13-14H2,1-2H3/p+1. The lowest BCUT2D eigenvalue weighted by molar-refractivity contribution is -0.564. The minimum absolute atomic E-state index is 0.808. The van der Waals surface area contributed by atoms with Crippen molar-refractivity contribution in [2.45, 2.75) is 69.9 Å². The van der Waals surface area contributed by atoms with Crippen molar-refractivity contribution in [3.8, 4) is 0 Å². The first-order valence-corrected chi connectivity index (χ1v) is 9.20. The van der Waals surface area contributed by atoms with Gasteiger partial charge in [-0.2, -0.15) is 12.6 Å². The Morgan fingerprint density at radius 1 is 1.10 bits per heavy atom. The third-order valence-electron chi connectivity index (χ3n) is 5.39. The highest BCUT2D eigenvalue weighted by molar-refractivity contribution is 7.80. The number of nitrogens with zero attached hydrogens (tertiary/aromatic N) is 2. The van der Waals surface area contributed by atoms with E-state index in [-0.39, 0.29) is 0 Å². The Balaban J connectivity index is 1.72. The molecule has 2 rings (SSSR count). The molecule has 1 heterocycles. The van der Waals surface area contributed by atoms with E-state index in [4.69, 9.17) is 0 Å². The summed E-state index contributed by atoms with van der Waals surface area (Å²) in [5.74, 6) is 1.98. The SMILES string of the molecule is CN(C)C1CCC(CCC2CCCC=[N+]2CCS)CC1. The molecule has 0 aromatic heterocycles. The second kappa shape index (κ2) is 8.43. The van der Waals surface area contributed by atoms with Crippen molar-refractivity contribution in [3.63, 3.8) is 0 Å². The van der Waals surface area contributed by atoms with Crippen LogP contribution in [0, 0.1) is 5.92 Å². The molecule has 0 saturated heterocycles. The second-order valence-electron chi connectivity index (χ2n) is 6.94. The monoisotopic (exact) mass is 297 g/mol. The van der Waals surface area contributed by atoms with E-state index in [0.29, 0.717) is 0 Å². The van der Waals surface area contributed by atoms with Crippen molar-refractivity contribution in [1.82, 2.24) is 4.90 Å². The highest BCUT2D eigenvalue weighted by Gasteiger charge is 2.27. The summed E-state index contributed by atoms with van der Waals surface area (Å²) in [4.78, 5) is 2.42. The summed E-state index contributed by atoms with van der Waals surface area (Å²) >= 11 is 4.40. The van der Waals surface area contributed by atoms with Crippen LogP contribution in [0.15, 0.2) is 0 Å². The van der Waals surface area contributed by atoms with E-state index in [9.17, 15) is 0 Å². The molecule has 0 aromatic rings. The molecule has 1 aliphatic heterocycles. The van der Waals surface area contributed by atoms with Gasteiger partial charge >= 0.3 is 0 Å². The summed E-state index contributed by atoms with van der Waals surface area (Å²) in [6.07, 6.45) is 15.1. The molecule has 0 aromatic carbocycles. The van der Waals surface area contributed by atoms with Gasteiger partial charge in [-0.1, -0.05) is 0 Å². The third-order valence-corrected chi connectivity index (χ3v) is 5.59. The number of hydrogen-bond donors (Lipinski definition) is 1. The molecule has 1 atom stereocenters. The van der Waals surface area contributed by atoms with Crippen LogP contribution in [-0.4, -0.2) is 54.2 Å². The van der Waals surface area contributed by atoms with Crippen LogP contribution in [0.25, 0.3) is 0 Å². The molecule has 0 spiro atoms. The van der Waals surface area contributed by atoms with E-state index in [1.54, 1.807) is 0 Å². The maximum Gasteiger partial charge on any atom is 0.152 e. The molecular weight excluding hydrogens is 264 g/mol. The van der Waals surface area contributed by atoms with E-state index in [0.717, 1.165) is 30.3 Å². The van der Waals surface area contributed by atoms with Crippen LogP contribution in [0.3, 0.4) is 0 Å². The van der Waals surface area contributed by atoms with Crippen LogP contribution >= 0.6 is 12.6 Å². The van der Waals surface area contributed by atoms with Gasteiger partial charge in [-0.25, -0.2) is 4.58 Å². The molecule has 0 bridgehead atoms. The Kier molecular flexibility index (Phi) is 6.89. The largest absolute Gasteiger partial charge is 0.306 e. The first-order valence-electron chi connectivity index (χ1n) is 8.57. The van der Waals surface area contributed by atoms with Gasteiger partial charge in [0.05, 0.1) is 0 Å². The van der Waals surface area contributed by atoms with Crippen LogP contribution < -0.4 is 0 Å². The lowest BCUT2D eigenvalue weighted by Gasteiger charge is -2.33. The molecule has 0 N–H and O–H groups in total. The molecule has 0 amide bonds. The van der Waals surface area contributed by atoms with Gasteiger partial charge in [-0.05, 0) is 58.5 Å². The normalized spacial score (nSPS) is 31.4. The average Bonchev–Trinajstić information content (AvgIpc) is 2.47. The zero-order valence-corrected chi connectivity index (χ0v) is 14.3. The Labute approximate surface area is 131 Å². The smallest absolute Gasteiger partial charge is 0.152 e. The molecule has 116 valence electrons. The highest BCUT2D eigenvalue weighted by atomic mass is 32.1. The number of rotatable bonds is 6. The maximum absolute atomic E-state index is 4.40. The molecule has 2 aliphatic rings. The lowest BCUT2D eigenvalue weighted by Crippen LogP contribution is -2.34. The predicted octanol–water partition coefficient (Wildman–Crippen LogP) is 3.45. The summed E-state index contributed by atoms with van der Waals surface area (Å²) in [5.41, 5.74) is 0. The lowest BCUT2D eigenvalue weighted by atomic mass is 9.82. The Morgan fingerprint density at radius 2 is 1.85 bits per heavy atom. The van der Waals surface area contributed by atoms with E-state index in [1.165, 1.54) is 57.8 Å². The highest BCUT2D eigenvalue weighted by Crippen LogP contribution is 2.31. The number of thiol groups is 1. The molecule has 0 radical (unpaired) electrons. The fourth-order valence-electron chi connectivity index (χ4n) is 4.00. The maximum atomic E-state index is 4.40. The molecule has 20 heavy (non-hydrogen) atoms. The Morgan fingerprint density at radius 3 is 2.50 bits per heavy atom. The first-order chi connectivity index (χ1) is 9.70. The summed E-state index contributed by atoms with van der Waals surface area (Å²) in [7, 11) is 4.47. The predicted molar refractivity (Wildman–Crippen MR) is 91.4 cm³/mol. The zero-order chi connectivity index (χ0) is 14.4. The quantitative estimate of drug-likeness (QED) is 0.582. The van der Waals surface area contributed by atoms with E-state index >= 15 is 0 Å². The van der Waals surface area contributed by atoms with Crippen molar-refractivity contribution in [2.24, 2.45) is 5.92 Å². The fourth-order valence-corrected chi connectivity index (χ4v) is 4.23. The Bertz CT molecular complexity index is 306. The van der Waals surface area contributed by atoms with Gasteiger partial charge in [-0.15, -0.1) is 0 Å². The zero-order valence-electron chi connectivity index (χ0n) is 13.4. The van der Waals surface area contributed by atoms with Gasteiger partial charge in [-0.3, -0.25) is 0 Å². The summed E-state index contributed by atoms with van der Waals surface area (Å²) in [6, 6.07) is 1.65. The van der Waals surface area contributed by atoms with Gasteiger partial charge in [0.1, 0.15) is 6.21 Å². The van der Waals surface area contributed by atoms with Gasteiger partial charge in [0.25, 0.3) is 0 Å². The molecule has 3 heteroatoms. The first kappa shape index (κ1) is 16.4. The van der Waals surface area contributed by atoms with Crippen molar-refractivity contribution >= 4 is 18.8 Å². The molecule has 1 aliphatic carbocycles. The molecule has 1 unspecified atom stereocenters. The topological polar surface area (TPSA) is 6.25 Å². The van der Waals surface area contributed by atoms with Crippen LogP contribution in [-0.2, 0) is 0 Å². The molecule has 1 saturated carbocycles. The van der Waals surface area contributed by atoms with Crippen LogP contribution in [0.2, 0.25) is 0 Å². The molecule has 1 fully saturated rings. The Hall–Kier alpha value is -0.0200. The van der Waals surface area contributed by atoms with Gasteiger partial charge in [0.2, 0.25) is 0 Å². The van der Waals surface area contributed by atoms with Crippen molar-refractivity contribution in [3.05, 3.63) is 0 Å². The minimum Gasteiger partial charge on any atom is -0.306 e. The van der Waals surface area contributed by atoms with Gasteiger partial charge < -0.3 is 4.90 Å². The van der Waals surface area contributed by atoms with Gasteiger partial charge in [0.15, 0.2) is 12.6 Å². The molecular formula is C17H33N2S+. The summed E-state index contributed by atoms with van der Waals surface area (Å²) < 4.78 is 2.59. The van der Waals surface area contributed by atoms with E-state index in [2.05, 4.69) is 42.4 Å². The van der Waals surface area contributed by atoms with E-state index in [1.807, 2.05) is 0 Å². The van der Waals surface area contributed by atoms with Crippen molar-refractivity contribution in [2.75, 3.05) is 26.4 Å². The summed E-state index contributed by atoms with van der Waals surface area (Å²) in [6.45, 7) is 1.14. The third kappa shape index (κ3) is 4.77. The van der Waals surface area contributed by atoms with Crippen LogP contribution in [0.1, 0.15) is 57.8 Å². The second-order valence-corrected chi connectivity index (χ2v) is 7.39. The van der Waals surface area contributed by atoms with Gasteiger partial charge in [0, 0.05) is 31.1 Å². The number of hydrogen-bond acceptors (Lipinski definition) is 2. The van der Waals surface area contributed by atoms with Crippen molar-refractivity contribution in [1.29, 1.82) is 0 Å². The average molecular weight is 298 g/mol. The molecule has 2 nitrogen and oxygen atoms in total. The van der Waals surface area contributed by atoms with Crippen LogP contribution in [0.5, 0.6) is 0 Å². The minimum atomic E-state index is 0.808. The fraction of sp³-hybridized carbons (Fsp3) is 0.941.